The molecule has 5 heteroatoms. The minimum atomic E-state index is -2.84. The topological polar surface area (TPSA) is 35.6 Å². The Kier molecular flexibility index (Phi) is 8.02. The lowest BCUT2D eigenvalue weighted by Gasteiger charge is -2.35. The van der Waals surface area contributed by atoms with Crippen molar-refractivity contribution in [1.29, 1.82) is 0 Å². The summed E-state index contributed by atoms with van der Waals surface area (Å²) in [5.74, 6) is 2.31. The fraction of sp³-hybridized carbons (Fsp3) is 0.0189. The molecule has 58 heavy (non-hydrogen) atoms. The molecule has 0 atom stereocenters. The molecule has 0 saturated carbocycles. The molecule has 0 N–H and O–H groups in total. The van der Waals surface area contributed by atoms with Crippen molar-refractivity contribution in [2.75, 3.05) is 0 Å². The zero-order valence-electron chi connectivity index (χ0n) is 32.0. The fourth-order valence-electron chi connectivity index (χ4n) is 9.27. The Balaban J connectivity index is 1.23. The highest BCUT2D eigenvalue weighted by molar-refractivity contribution is 7.19. The van der Waals surface area contributed by atoms with Crippen molar-refractivity contribution in [2.24, 2.45) is 0 Å². The smallest absolute Gasteiger partial charge is 0.179 e. The van der Waals surface area contributed by atoms with Gasteiger partial charge in [-0.05, 0) is 51.9 Å². The summed E-state index contributed by atoms with van der Waals surface area (Å²) in [6.45, 7) is 2.19. The molecule has 274 valence electrons. The molecular weight excluding hydrogens is 721 g/mol. The van der Waals surface area contributed by atoms with E-state index in [2.05, 4.69) is 228 Å². The predicted octanol–water partition coefficient (Wildman–Crippen LogP) is 10.0. The summed E-state index contributed by atoms with van der Waals surface area (Å²) in [6, 6.07) is 77.0. The molecule has 11 rings (SSSR count). The normalized spacial score (nSPS) is 11.9. The first-order chi connectivity index (χ1) is 28.7. The average Bonchev–Trinajstić information content (AvgIpc) is 3.81. The van der Waals surface area contributed by atoms with Gasteiger partial charge in [0.1, 0.15) is 11.6 Å². The van der Waals surface area contributed by atoms with Crippen LogP contribution in [0.3, 0.4) is 0 Å². The largest absolute Gasteiger partial charge is 0.294 e. The number of para-hydroxylation sites is 4. The monoisotopic (exact) mass is 758 g/mol. The number of nitrogens with zero attached hydrogens (tertiary/aromatic N) is 4. The Bertz CT molecular complexity index is 3030. The average molecular weight is 759 g/mol. The summed E-state index contributed by atoms with van der Waals surface area (Å²) in [4.78, 5) is 11.1. The summed E-state index contributed by atoms with van der Waals surface area (Å²) in [5, 5.41) is 10.0. The van der Waals surface area contributed by atoms with Crippen LogP contribution in [0.5, 0.6) is 0 Å². The van der Waals surface area contributed by atoms with Gasteiger partial charge in [-0.2, -0.15) is 0 Å². The standard InChI is InChI=1S/C53H38N4Si/c1-37-18-16-24-41(34-37)58(39-20-4-2-5-21-39,40-22-6-3-7-23-40)42-25-17-19-38(35-42)53-54-51(56-47-30-12-8-26-43(47)44-27-9-13-31-48(44)56)36-52(55-53)57-49-32-14-10-28-45(49)46-29-11-15-33-50(46)57/h2-36H,1H3. The number of aryl methyl sites for hydroxylation is 1. The number of hydrogen-bond donors (Lipinski definition) is 0. The first kappa shape index (κ1) is 33.9. The van der Waals surface area contributed by atoms with Gasteiger partial charge in [0.05, 0.1) is 22.1 Å². The SMILES string of the molecule is Cc1cccc([Si](c2ccccc2)(c2ccccc2)c2cccc(-c3nc(-n4c5ccccc5c5ccccc54)cc(-n4c5ccccc5c5ccccc54)n3)c2)c1. The van der Waals surface area contributed by atoms with Gasteiger partial charge in [0.15, 0.2) is 13.9 Å². The van der Waals surface area contributed by atoms with E-state index in [1.807, 2.05) is 0 Å². The van der Waals surface area contributed by atoms with Gasteiger partial charge in [0, 0.05) is 33.2 Å². The van der Waals surface area contributed by atoms with Gasteiger partial charge in [0.2, 0.25) is 0 Å². The van der Waals surface area contributed by atoms with Crippen LogP contribution in [0, 0.1) is 6.92 Å². The molecule has 3 heterocycles. The van der Waals surface area contributed by atoms with Gasteiger partial charge in [-0.15, -0.1) is 0 Å². The van der Waals surface area contributed by atoms with Crippen molar-refractivity contribution in [3.8, 4) is 23.0 Å². The van der Waals surface area contributed by atoms with Crippen LogP contribution in [0.1, 0.15) is 5.56 Å². The molecule has 3 aromatic heterocycles. The van der Waals surface area contributed by atoms with Crippen LogP contribution in [-0.4, -0.2) is 27.2 Å². The maximum atomic E-state index is 5.53. The molecule has 0 aliphatic carbocycles. The predicted molar refractivity (Wildman–Crippen MR) is 244 cm³/mol. The van der Waals surface area contributed by atoms with E-state index < -0.39 is 8.07 Å². The van der Waals surface area contributed by atoms with E-state index >= 15 is 0 Å². The van der Waals surface area contributed by atoms with E-state index in [4.69, 9.17) is 9.97 Å². The second kappa shape index (κ2) is 13.7. The summed E-state index contributed by atoms with van der Waals surface area (Å²) < 4.78 is 4.60. The van der Waals surface area contributed by atoms with Crippen molar-refractivity contribution in [1.82, 2.24) is 19.1 Å². The molecule has 0 aliphatic rings. The molecule has 0 aliphatic heterocycles. The molecular formula is C53H38N4Si. The fourth-order valence-corrected chi connectivity index (χ4v) is 14.2. The number of rotatable bonds is 7. The Hall–Kier alpha value is -7.34. The third-order valence-electron chi connectivity index (χ3n) is 11.7. The lowest BCUT2D eigenvalue weighted by molar-refractivity contribution is 0.994. The van der Waals surface area contributed by atoms with Crippen molar-refractivity contribution >= 4 is 72.4 Å². The first-order valence-corrected chi connectivity index (χ1v) is 21.8. The first-order valence-electron chi connectivity index (χ1n) is 19.8. The van der Waals surface area contributed by atoms with Crippen LogP contribution in [0.25, 0.3) is 66.6 Å². The van der Waals surface area contributed by atoms with Gasteiger partial charge < -0.3 is 0 Å². The van der Waals surface area contributed by atoms with E-state index in [-0.39, 0.29) is 0 Å². The van der Waals surface area contributed by atoms with Crippen LogP contribution >= 0.6 is 0 Å². The van der Waals surface area contributed by atoms with Crippen LogP contribution in [0.2, 0.25) is 0 Å². The number of hydrogen-bond acceptors (Lipinski definition) is 2. The zero-order valence-corrected chi connectivity index (χ0v) is 33.0. The van der Waals surface area contributed by atoms with Crippen LogP contribution in [0.4, 0.5) is 0 Å². The Labute approximate surface area is 338 Å². The minimum Gasteiger partial charge on any atom is -0.294 e. The second-order valence-electron chi connectivity index (χ2n) is 15.1. The minimum absolute atomic E-state index is 0.673. The van der Waals surface area contributed by atoms with Crippen LogP contribution in [-0.2, 0) is 0 Å². The lowest BCUT2D eigenvalue weighted by Crippen LogP contribution is -2.74. The molecule has 8 aromatic carbocycles. The van der Waals surface area contributed by atoms with E-state index in [0.717, 1.165) is 39.3 Å². The highest BCUT2D eigenvalue weighted by atomic mass is 28.3. The van der Waals surface area contributed by atoms with Crippen molar-refractivity contribution in [3.05, 3.63) is 218 Å². The molecule has 4 nitrogen and oxygen atoms in total. The van der Waals surface area contributed by atoms with E-state index in [9.17, 15) is 0 Å². The van der Waals surface area contributed by atoms with Gasteiger partial charge >= 0.3 is 0 Å². The molecule has 11 aromatic rings. The lowest BCUT2D eigenvalue weighted by atomic mass is 10.2. The summed E-state index contributed by atoms with van der Waals surface area (Å²) in [5.41, 5.74) is 6.64. The summed E-state index contributed by atoms with van der Waals surface area (Å²) in [7, 11) is -2.84. The number of aromatic nitrogens is 4. The Morgan fingerprint density at radius 3 is 1.17 bits per heavy atom. The Morgan fingerprint density at radius 1 is 0.345 bits per heavy atom. The molecule has 0 radical (unpaired) electrons. The summed E-state index contributed by atoms with van der Waals surface area (Å²) in [6.07, 6.45) is 0. The molecule has 0 unspecified atom stereocenters. The summed E-state index contributed by atoms with van der Waals surface area (Å²) >= 11 is 0. The van der Waals surface area contributed by atoms with Gasteiger partial charge in [-0.25, -0.2) is 9.97 Å². The van der Waals surface area contributed by atoms with E-state index in [0.29, 0.717) is 5.82 Å². The highest BCUT2D eigenvalue weighted by Crippen LogP contribution is 2.35. The van der Waals surface area contributed by atoms with Crippen molar-refractivity contribution in [3.63, 3.8) is 0 Å². The third-order valence-corrected chi connectivity index (χ3v) is 16.5. The molecule has 0 fully saturated rings. The highest BCUT2D eigenvalue weighted by Gasteiger charge is 2.41. The zero-order chi connectivity index (χ0) is 38.6. The van der Waals surface area contributed by atoms with Gasteiger partial charge in [0.25, 0.3) is 0 Å². The second-order valence-corrected chi connectivity index (χ2v) is 18.9. The Morgan fingerprint density at radius 2 is 0.724 bits per heavy atom. The van der Waals surface area contributed by atoms with E-state index in [1.54, 1.807) is 0 Å². The number of fused-ring (bicyclic) bond motifs is 6. The van der Waals surface area contributed by atoms with Crippen molar-refractivity contribution < 1.29 is 0 Å². The van der Waals surface area contributed by atoms with Crippen LogP contribution in [0.15, 0.2) is 212 Å². The molecule has 0 saturated heterocycles. The van der Waals surface area contributed by atoms with E-state index in [1.165, 1.54) is 47.9 Å². The van der Waals surface area contributed by atoms with Crippen molar-refractivity contribution in [2.45, 2.75) is 6.92 Å². The maximum absolute atomic E-state index is 5.53. The molecule has 0 spiro atoms. The maximum Gasteiger partial charge on any atom is 0.179 e. The number of benzene rings is 8. The molecule has 0 bridgehead atoms. The van der Waals surface area contributed by atoms with Gasteiger partial charge in [-0.3, -0.25) is 9.13 Å². The molecule has 0 amide bonds. The quantitative estimate of drug-likeness (QED) is 0.120. The van der Waals surface area contributed by atoms with Gasteiger partial charge in [-0.1, -0.05) is 188 Å². The third kappa shape index (κ3) is 5.28. The van der Waals surface area contributed by atoms with Crippen LogP contribution < -0.4 is 20.7 Å².